The van der Waals surface area contributed by atoms with Crippen LogP contribution in [-0.2, 0) is 4.79 Å². The van der Waals surface area contributed by atoms with Gasteiger partial charge in [0.1, 0.15) is 0 Å². The van der Waals surface area contributed by atoms with Gasteiger partial charge in [0.25, 0.3) is 0 Å². The van der Waals surface area contributed by atoms with Crippen molar-refractivity contribution in [2.24, 2.45) is 0 Å². The van der Waals surface area contributed by atoms with Crippen LogP contribution >= 0.6 is 11.8 Å². The van der Waals surface area contributed by atoms with Crippen molar-refractivity contribution in [3.63, 3.8) is 0 Å². The Bertz CT molecular complexity index is 287. The maximum absolute atomic E-state index is 11.5. The lowest BCUT2D eigenvalue weighted by atomic mass is 10.4. The van der Waals surface area contributed by atoms with Gasteiger partial charge in [-0.25, -0.2) is 0 Å². The molecule has 0 aliphatic carbocycles. The van der Waals surface area contributed by atoms with E-state index in [9.17, 15) is 4.79 Å². The molecule has 0 bridgehead atoms. The zero-order valence-electron chi connectivity index (χ0n) is 8.56. The Morgan fingerprint density at radius 3 is 2.57 bits per heavy atom. The molecule has 3 heteroatoms. The predicted octanol–water partition coefficient (Wildman–Crippen LogP) is 2.26. The highest BCUT2D eigenvalue weighted by atomic mass is 32.2. The Hall–Kier alpha value is -0.960. The van der Waals surface area contributed by atoms with E-state index in [1.54, 1.807) is 16.7 Å². The van der Waals surface area contributed by atoms with Crippen LogP contribution in [0.25, 0.3) is 0 Å². The summed E-state index contributed by atoms with van der Waals surface area (Å²) in [4.78, 5) is 14.3. The van der Waals surface area contributed by atoms with Crippen LogP contribution in [0.15, 0.2) is 35.2 Å². The number of hydrogen-bond acceptors (Lipinski definition) is 2. The van der Waals surface area contributed by atoms with Gasteiger partial charge in [0.2, 0.25) is 5.91 Å². The number of benzene rings is 1. The molecule has 0 saturated heterocycles. The lowest BCUT2D eigenvalue weighted by Crippen LogP contribution is -2.27. The van der Waals surface area contributed by atoms with Gasteiger partial charge in [-0.05, 0) is 19.1 Å². The van der Waals surface area contributed by atoms with E-state index in [4.69, 9.17) is 0 Å². The summed E-state index contributed by atoms with van der Waals surface area (Å²) >= 11 is 1.58. The number of thioether (sulfide) groups is 1. The van der Waals surface area contributed by atoms with E-state index in [0.29, 0.717) is 5.75 Å². The molecule has 0 N–H and O–H groups in total. The lowest BCUT2D eigenvalue weighted by molar-refractivity contribution is -0.126. The fourth-order valence-corrected chi connectivity index (χ4v) is 1.81. The molecule has 1 aromatic rings. The number of rotatable bonds is 4. The van der Waals surface area contributed by atoms with Gasteiger partial charge in [0.05, 0.1) is 5.75 Å². The largest absolute Gasteiger partial charge is 0.345 e. The molecular weight excluding hydrogens is 194 g/mol. The van der Waals surface area contributed by atoms with E-state index in [1.165, 1.54) is 0 Å². The number of nitrogens with zero attached hydrogens (tertiary/aromatic N) is 1. The van der Waals surface area contributed by atoms with Crippen LogP contribution in [0.2, 0.25) is 0 Å². The van der Waals surface area contributed by atoms with Crippen LogP contribution in [-0.4, -0.2) is 30.2 Å². The van der Waals surface area contributed by atoms with Crippen LogP contribution in [0.1, 0.15) is 6.92 Å². The summed E-state index contributed by atoms with van der Waals surface area (Å²) in [6.45, 7) is 2.75. The van der Waals surface area contributed by atoms with E-state index >= 15 is 0 Å². The lowest BCUT2D eigenvalue weighted by Gasteiger charge is -2.13. The molecule has 0 saturated carbocycles. The second-order valence-electron chi connectivity index (χ2n) is 3.01. The highest BCUT2D eigenvalue weighted by molar-refractivity contribution is 8.00. The van der Waals surface area contributed by atoms with E-state index in [2.05, 4.69) is 0 Å². The number of carbonyl (C=O) groups is 1. The molecule has 0 atom stereocenters. The van der Waals surface area contributed by atoms with Crippen molar-refractivity contribution in [1.29, 1.82) is 0 Å². The van der Waals surface area contributed by atoms with Gasteiger partial charge in [-0.15, -0.1) is 11.8 Å². The monoisotopic (exact) mass is 209 g/mol. The van der Waals surface area contributed by atoms with Gasteiger partial charge < -0.3 is 4.90 Å². The topological polar surface area (TPSA) is 20.3 Å². The van der Waals surface area contributed by atoms with Crippen molar-refractivity contribution in [2.45, 2.75) is 11.8 Å². The Balaban J connectivity index is 2.38. The van der Waals surface area contributed by atoms with Crippen LogP contribution < -0.4 is 0 Å². The molecular formula is C11H15NOS. The van der Waals surface area contributed by atoms with Gasteiger partial charge >= 0.3 is 0 Å². The van der Waals surface area contributed by atoms with Gasteiger partial charge in [-0.2, -0.15) is 0 Å². The van der Waals surface area contributed by atoms with Gasteiger partial charge in [-0.3, -0.25) is 4.79 Å². The number of carbonyl (C=O) groups excluding carboxylic acids is 1. The Labute approximate surface area is 89.3 Å². The maximum atomic E-state index is 11.5. The average molecular weight is 209 g/mol. The van der Waals surface area contributed by atoms with Gasteiger partial charge in [0, 0.05) is 18.5 Å². The normalized spacial score (nSPS) is 9.86. The van der Waals surface area contributed by atoms with Crippen molar-refractivity contribution >= 4 is 17.7 Å². The molecule has 76 valence electrons. The van der Waals surface area contributed by atoms with E-state index in [1.807, 2.05) is 44.3 Å². The summed E-state index contributed by atoms with van der Waals surface area (Å²) in [6.07, 6.45) is 0. The van der Waals surface area contributed by atoms with Crippen molar-refractivity contribution in [3.8, 4) is 0 Å². The Morgan fingerprint density at radius 1 is 1.36 bits per heavy atom. The van der Waals surface area contributed by atoms with Crippen LogP contribution in [0.4, 0.5) is 0 Å². The van der Waals surface area contributed by atoms with Crippen LogP contribution in [0.5, 0.6) is 0 Å². The second-order valence-corrected chi connectivity index (χ2v) is 4.06. The zero-order valence-corrected chi connectivity index (χ0v) is 9.38. The summed E-state index contributed by atoms with van der Waals surface area (Å²) in [5.74, 6) is 0.704. The quantitative estimate of drug-likeness (QED) is 0.709. The standard InChI is InChI=1S/C11H15NOS/c1-3-12(2)11(13)9-14-10-7-5-4-6-8-10/h4-8H,3,9H2,1-2H3. The number of amides is 1. The van der Waals surface area contributed by atoms with E-state index in [0.717, 1.165) is 11.4 Å². The third-order valence-corrected chi connectivity index (χ3v) is 3.00. The summed E-state index contributed by atoms with van der Waals surface area (Å²) in [6, 6.07) is 9.98. The first-order valence-corrected chi connectivity index (χ1v) is 5.64. The van der Waals surface area contributed by atoms with E-state index < -0.39 is 0 Å². The maximum Gasteiger partial charge on any atom is 0.232 e. The molecule has 0 aromatic heterocycles. The minimum atomic E-state index is 0.182. The Morgan fingerprint density at radius 2 is 2.00 bits per heavy atom. The molecule has 0 aliphatic heterocycles. The average Bonchev–Trinajstić information content (AvgIpc) is 2.26. The highest BCUT2D eigenvalue weighted by Gasteiger charge is 2.06. The molecule has 0 heterocycles. The summed E-state index contributed by atoms with van der Waals surface area (Å²) in [7, 11) is 1.83. The first-order chi connectivity index (χ1) is 6.74. The Kier molecular flexibility index (Phi) is 4.53. The molecule has 1 amide bonds. The number of hydrogen-bond donors (Lipinski definition) is 0. The summed E-state index contributed by atoms with van der Waals surface area (Å²) < 4.78 is 0. The molecule has 14 heavy (non-hydrogen) atoms. The summed E-state index contributed by atoms with van der Waals surface area (Å²) in [5, 5.41) is 0. The third-order valence-electron chi connectivity index (χ3n) is 2.01. The zero-order chi connectivity index (χ0) is 10.4. The molecule has 0 aliphatic rings. The minimum Gasteiger partial charge on any atom is -0.345 e. The first kappa shape index (κ1) is 11.1. The van der Waals surface area contributed by atoms with Crippen molar-refractivity contribution < 1.29 is 4.79 Å². The van der Waals surface area contributed by atoms with Crippen molar-refractivity contribution in [1.82, 2.24) is 4.90 Å². The molecule has 0 unspecified atom stereocenters. The van der Waals surface area contributed by atoms with Gasteiger partial charge in [0.15, 0.2) is 0 Å². The van der Waals surface area contributed by atoms with Crippen LogP contribution in [0.3, 0.4) is 0 Å². The molecule has 1 aromatic carbocycles. The molecule has 0 spiro atoms. The fourth-order valence-electron chi connectivity index (χ4n) is 0.948. The molecule has 0 fully saturated rings. The molecule has 2 nitrogen and oxygen atoms in total. The van der Waals surface area contributed by atoms with Crippen molar-refractivity contribution in [2.75, 3.05) is 19.3 Å². The highest BCUT2D eigenvalue weighted by Crippen LogP contribution is 2.16. The molecule has 0 radical (unpaired) electrons. The first-order valence-electron chi connectivity index (χ1n) is 4.66. The second kappa shape index (κ2) is 5.70. The third kappa shape index (κ3) is 3.42. The summed E-state index contributed by atoms with van der Waals surface area (Å²) in [5.41, 5.74) is 0. The molecule has 1 rings (SSSR count). The smallest absolute Gasteiger partial charge is 0.232 e. The van der Waals surface area contributed by atoms with Crippen LogP contribution in [0, 0.1) is 0 Å². The van der Waals surface area contributed by atoms with Crippen molar-refractivity contribution in [3.05, 3.63) is 30.3 Å². The fraction of sp³-hybridized carbons (Fsp3) is 0.364. The van der Waals surface area contributed by atoms with E-state index in [-0.39, 0.29) is 5.91 Å². The SMILES string of the molecule is CCN(C)C(=O)CSc1ccccc1. The predicted molar refractivity (Wildman–Crippen MR) is 60.5 cm³/mol. The van der Waals surface area contributed by atoms with Gasteiger partial charge in [-0.1, -0.05) is 18.2 Å². The minimum absolute atomic E-state index is 0.182.